The van der Waals surface area contributed by atoms with Gasteiger partial charge < -0.3 is 10.1 Å². The van der Waals surface area contributed by atoms with Crippen molar-refractivity contribution >= 4 is 39.1 Å². The summed E-state index contributed by atoms with van der Waals surface area (Å²) >= 11 is 12.5. The minimum Gasteiger partial charge on any atom is -0.382 e. The second-order valence-corrected chi connectivity index (χ2v) is 9.44. The Bertz CT molecular complexity index is 930. The maximum absolute atomic E-state index is 13.3. The van der Waals surface area contributed by atoms with Crippen LogP contribution in [0.15, 0.2) is 47.4 Å². The number of nitrogens with zero attached hydrogens (tertiary/aromatic N) is 1. The van der Waals surface area contributed by atoms with Gasteiger partial charge in [-0.05, 0) is 44.5 Å². The van der Waals surface area contributed by atoms with E-state index < -0.39 is 15.9 Å². The van der Waals surface area contributed by atoms with Crippen LogP contribution in [0.1, 0.15) is 24.5 Å². The number of carbonyl (C=O) groups is 1. The molecule has 0 atom stereocenters. The van der Waals surface area contributed by atoms with Crippen molar-refractivity contribution in [3.05, 3.63) is 63.6 Å². The molecule has 0 unspecified atom stereocenters. The van der Waals surface area contributed by atoms with Gasteiger partial charge in [-0.15, -0.1) is 0 Å². The Balaban J connectivity index is 2.24. The van der Waals surface area contributed by atoms with E-state index in [1.54, 1.807) is 30.3 Å². The van der Waals surface area contributed by atoms with Crippen LogP contribution >= 0.6 is 23.2 Å². The molecule has 0 spiro atoms. The van der Waals surface area contributed by atoms with E-state index in [0.717, 1.165) is 9.87 Å². The van der Waals surface area contributed by atoms with Crippen LogP contribution in [0.5, 0.6) is 0 Å². The molecule has 0 bridgehead atoms. The Hall–Kier alpha value is -1.64. The average Bonchev–Trinajstić information content (AvgIpc) is 2.70. The van der Waals surface area contributed by atoms with Crippen LogP contribution in [0.25, 0.3) is 0 Å². The Labute approximate surface area is 188 Å². The highest BCUT2D eigenvalue weighted by Gasteiger charge is 2.28. The standard InChI is InChI=1S/C21H26Cl2N2O4S/c1-3-29-13-5-12-24-21(26)15-25(14-18-19(22)6-4-7-20(18)23)30(27,28)17-10-8-16(2)9-11-17/h4,6-11H,3,5,12-15H2,1-2H3,(H,24,26). The predicted molar refractivity (Wildman–Crippen MR) is 119 cm³/mol. The molecular weight excluding hydrogens is 447 g/mol. The summed E-state index contributed by atoms with van der Waals surface area (Å²) in [5.74, 6) is -0.412. The zero-order chi connectivity index (χ0) is 22.1. The van der Waals surface area contributed by atoms with E-state index in [2.05, 4.69) is 5.32 Å². The lowest BCUT2D eigenvalue weighted by atomic mass is 10.2. The highest BCUT2D eigenvalue weighted by Crippen LogP contribution is 2.28. The van der Waals surface area contributed by atoms with E-state index in [4.69, 9.17) is 27.9 Å². The van der Waals surface area contributed by atoms with Gasteiger partial charge in [0.2, 0.25) is 15.9 Å². The molecule has 0 aliphatic rings. The summed E-state index contributed by atoms with van der Waals surface area (Å²) in [6, 6.07) is 11.4. The third kappa shape index (κ3) is 6.96. The molecule has 0 radical (unpaired) electrons. The summed E-state index contributed by atoms with van der Waals surface area (Å²) in [5, 5.41) is 3.40. The minimum absolute atomic E-state index is 0.0976. The second kappa shape index (κ2) is 11.7. The number of nitrogens with one attached hydrogen (secondary N) is 1. The molecular formula is C21H26Cl2N2O4S. The summed E-state index contributed by atoms with van der Waals surface area (Å²) in [6.07, 6.45) is 0.640. The van der Waals surface area contributed by atoms with Crippen LogP contribution in [0.2, 0.25) is 10.0 Å². The largest absolute Gasteiger partial charge is 0.382 e. The molecule has 2 aromatic rings. The highest BCUT2D eigenvalue weighted by molar-refractivity contribution is 7.89. The van der Waals surface area contributed by atoms with Crippen molar-refractivity contribution in [3.8, 4) is 0 Å². The van der Waals surface area contributed by atoms with Crippen LogP contribution in [0, 0.1) is 6.92 Å². The van der Waals surface area contributed by atoms with Gasteiger partial charge in [-0.1, -0.05) is 47.0 Å². The molecule has 1 amide bonds. The van der Waals surface area contributed by atoms with E-state index in [1.807, 2.05) is 13.8 Å². The van der Waals surface area contributed by atoms with E-state index in [-0.39, 0.29) is 18.0 Å². The Morgan fingerprint density at radius 3 is 2.33 bits per heavy atom. The highest BCUT2D eigenvalue weighted by atomic mass is 35.5. The van der Waals surface area contributed by atoms with E-state index in [9.17, 15) is 13.2 Å². The first kappa shape index (κ1) is 24.6. The molecule has 2 aromatic carbocycles. The number of hydrogen-bond acceptors (Lipinski definition) is 4. The van der Waals surface area contributed by atoms with Crippen molar-refractivity contribution in [3.63, 3.8) is 0 Å². The smallest absolute Gasteiger partial charge is 0.243 e. The third-order valence-corrected chi connectivity index (χ3v) is 6.88. The summed E-state index contributed by atoms with van der Waals surface area (Å²) in [5.41, 5.74) is 1.38. The van der Waals surface area contributed by atoms with E-state index in [0.29, 0.717) is 41.8 Å². The van der Waals surface area contributed by atoms with Crippen molar-refractivity contribution in [2.45, 2.75) is 31.7 Å². The molecule has 0 heterocycles. The number of sulfonamides is 1. The summed E-state index contributed by atoms with van der Waals surface area (Å²) in [7, 11) is -3.95. The van der Waals surface area contributed by atoms with Crippen molar-refractivity contribution in [1.82, 2.24) is 9.62 Å². The molecule has 1 N–H and O–H groups in total. The fourth-order valence-electron chi connectivity index (χ4n) is 2.71. The number of carbonyl (C=O) groups excluding carboxylic acids is 1. The molecule has 0 fully saturated rings. The number of rotatable bonds is 11. The Morgan fingerprint density at radius 1 is 1.10 bits per heavy atom. The van der Waals surface area contributed by atoms with Gasteiger partial charge in [0.1, 0.15) is 0 Å². The molecule has 6 nitrogen and oxygen atoms in total. The van der Waals surface area contributed by atoms with Crippen LogP contribution < -0.4 is 5.32 Å². The fourth-order valence-corrected chi connectivity index (χ4v) is 4.59. The number of aryl methyl sites for hydroxylation is 1. The van der Waals surface area contributed by atoms with Gasteiger partial charge >= 0.3 is 0 Å². The first-order chi connectivity index (χ1) is 14.3. The van der Waals surface area contributed by atoms with E-state index >= 15 is 0 Å². The topological polar surface area (TPSA) is 75.7 Å². The molecule has 0 aliphatic heterocycles. The molecule has 0 saturated heterocycles. The Kier molecular flexibility index (Phi) is 9.58. The van der Waals surface area contributed by atoms with Crippen molar-refractivity contribution in [1.29, 1.82) is 0 Å². The zero-order valence-corrected chi connectivity index (χ0v) is 19.4. The van der Waals surface area contributed by atoms with Gasteiger partial charge in [0, 0.05) is 41.9 Å². The van der Waals surface area contributed by atoms with Gasteiger partial charge in [-0.3, -0.25) is 4.79 Å². The maximum atomic E-state index is 13.3. The quantitative estimate of drug-likeness (QED) is 0.500. The third-order valence-electron chi connectivity index (χ3n) is 4.37. The van der Waals surface area contributed by atoms with Gasteiger partial charge in [0.05, 0.1) is 11.4 Å². The van der Waals surface area contributed by atoms with Crippen molar-refractivity contribution in [2.24, 2.45) is 0 Å². The predicted octanol–water partition coefficient (Wildman–Crippen LogP) is 4.04. The van der Waals surface area contributed by atoms with Gasteiger partial charge in [0.15, 0.2) is 0 Å². The van der Waals surface area contributed by atoms with Crippen molar-refractivity contribution in [2.75, 3.05) is 26.3 Å². The van der Waals surface area contributed by atoms with E-state index in [1.165, 1.54) is 12.1 Å². The SMILES string of the molecule is CCOCCCNC(=O)CN(Cc1c(Cl)cccc1Cl)S(=O)(=O)c1ccc(C)cc1. The van der Waals surface area contributed by atoms with Gasteiger partial charge in [-0.2, -0.15) is 4.31 Å². The Morgan fingerprint density at radius 2 is 1.73 bits per heavy atom. The molecule has 30 heavy (non-hydrogen) atoms. The summed E-state index contributed by atoms with van der Waals surface area (Å²) < 4.78 is 32.8. The number of amides is 1. The lowest BCUT2D eigenvalue weighted by Crippen LogP contribution is -2.40. The molecule has 2 rings (SSSR count). The van der Waals surface area contributed by atoms with Crippen molar-refractivity contribution < 1.29 is 17.9 Å². The molecule has 0 aliphatic carbocycles. The number of hydrogen-bond donors (Lipinski definition) is 1. The maximum Gasteiger partial charge on any atom is 0.243 e. The first-order valence-corrected chi connectivity index (χ1v) is 11.8. The molecule has 0 aromatic heterocycles. The molecule has 9 heteroatoms. The molecule has 164 valence electrons. The zero-order valence-electron chi connectivity index (χ0n) is 17.0. The number of halogens is 2. The van der Waals surface area contributed by atoms with Crippen LogP contribution in [0.3, 0.4) is 0 Å². The molecule has 0 saturated carbocycles. The summed E-state index contributed by atoms with van der Waals surface area (Å²) in [6.45, 7) is 4.81. The number of ether oxygens (including phenoxy) is 1. The second-order valence-electron chi connectivity index (χ2n) is 6.69. The average molecular weight is 473 g/mol. The van der Waals surface area contributed by atoms with Crippen LogP contribution in [-0.4, -0.2) is 44.9 Å². The van der Waals surface area contributed by atoms with Crippen LogP contribution in [0.4, 0.5) is 0 Å². The van der Waals surface area contributed by atoms with Gasteiger partial charge in [-0.25, -0.2) is 8.42 Å². The van der Waals surface area contributed by atoms with Gasteiger partial charge in [0.25, 0.3) is 0 Å². The first-order valence-electron chi connectivity index (χ1n) is 9.60. The van der Waals surface area contributed by atoms with Crippen LogP contribution in [-0.2, 0) is 26.1 Å². The number of benzene rings is 2. The minimum atomic E-state index is -3.95. The summed E-state index contributed by atoms with van der Waals surface area (Å²) in [4.78, 5) is 12.6. The lowest BCUT2D eigenvalue weighted by molar-refractivity contribution is -0.121. The fraction of sp³-hybridized carbons (Fsp3) is 0.381. The lowest BCUT2D eigenvalue weighted by Gasteiger charge is -2.23. The monoisotopic (exact) mass is 472 g/mol. The normalized spacial score (nSPS) is 11.6.